The molecule has 0 unspecified atom stereocenters. The number of nitrogens with zero attached hydrogens (tertiary/aromatic N) is 2. The molecule has 1 atom stereocenters. The van der Waals surface area contributed by atoms with Crippen LogP contribution >= 0.6 is 23.4 Å². The average Bonchev–Trinajstić information content (AvgIpc) is 3.05. The number of rotatable bonds is 6. The minimum Gasteiger partial charge on any atom is -0.416 e. The van der Waals surface area contributed by atoms with Crippen LogP contribution in [0.4, 0.5) is 10.1 Å². The Kier molecular flexibility index (Phi) is 5.90. The summed E-state index contributed by atoms with van der Waals surface area (Å²) in [5.41, 5.74) is 1.41. The van der Waals surface area contributed by atoms with Gasteiger partial charge in [-0.15, -0.1) is 10.2 Å². The zero-order valence-electron chi connectivity index (χ0n) is 13.8. The number of nitrogens with one attached hydrogen (secondary N) is 1. The summed E-state index contributed by atoms with van der Waals surface area (Å²) < 4.78 is 18.6. The lowest BCUT2D eigenvalue weighted by atomic mass is 10.2. The van der Waals surface area contributed by atoms with Gasteiger partial charge in [-0.1, -0.05) is 53.7 Å². The molecule has 0 bridgehead atoms. The number of amides is 1. The van der Waals surface area contributed by atoms with Crippen LogP contribution in [0.25, 0.3) is 0 Å². The number of hydrogen-bond acceptors (Lipinski definition) is 5. The Hall–Kier alpha value is -2.38. The SMILES string of the molecule is C[C@@H](Sc1nnc(Cc2ccccc2)o1)C(=O)Nc1ccc(F)cc1Cl. The van der Waals surface area contributed by atoms with Gasteiger partial charge in [-0.05, 0) is 30.7 Å². The van der Waals surface area contributed by atoms with Crippen LogP contribution in [-0.2, 0) is 11.2 Å². The molecule has 0 fully saturated rings. The largest absolute Gasteiger partial charge is 0.416 e. The number of benzene rings is 2. The quantitative estimate of drug-likeness (QED) is 0.623. The van der Waals surface area contributed by atoms with Crippen LogP contribution in [0, 0.1) is 5.82 Å². The molecular formula is C18H15ClFN3O2S. The fourth-order valence-electron chi connectivity index (χ4n) is 2.16. The third kappa shape index (κ3) is 4.83. The van der Waals surface area contributed by atoms with Crippen LogP contribution in [-0.4, -0.2) is 21.4 Å². The molecule has 0 spiro atoms. The third-order valence-corrected chi connectivity index (χ3v) is 4.73. The first-order valence-electron chi connectivity index (χ1n) is 7.80. The van der Waals surface area contributed by atoms with Crippen molar-refractivity contribution in [3.05, 3.63) is 70.8 Å². The standard InChI is InChI=1S/C18H15ClFN3O2S/c1-11(17(24)21-15-8-7-13(20)10-14(15)19)26-18-23-22-16(25-18)9-12-5-3-2-4-6-12/h2-8,10-11H,9H2,1H3,(H,21,24)/t11-/m1/s1. The van der Waals surface area contributed by atoms with E-state index >= 15 is 0 Å². The topological polar surface area (TPSA) is 68.0 Å². The second kappa shape index (κ2) is 8.33. The van der Waals surface area contributed by atoms with E-state index in [9.17, 15) is 9.18 Å². The Balaban J connectivity index is 1.59. The van der Waals surface area contributed by atoms with E-state index in [-0.39, 0.29) is 10.9 Å². The summed E-state index contributed by atoms with van der Waals surface area (Å²) in [6.45, 7) is 1.71. The van der Waals surface area contributed by atoms with Crippen LogP contribution in [0.2, 0.25) is 5.02 Å². The van der Waals surface area contributed by atoms with E-state index in [0.29, 0.717) is 23.2 Å². The maximum atomic E-state index is 13.1. The van der Waals surface area contributed by atoms with Crippen LogP contribution < -0.4 is 5.32 Å². The molecule has 0 radical (unpaired) electrons. The number of carbonyl (C=O) groups excluding carboxylic acids is 1. The van der Waals surface area contributed by atoms with Gasteiger partial charge in [0, 0.05) is 0 Å². The van der Waals surface area contributed by atoms with E-state index in [0.717, 1.165) is 23.4 Å². The van der Waals surface area contributed by atoms with Crippen molar-refractivity contribution in [1.29, 1.82) is 0 Å². The van der Waals surface area contributed by atoms with E-state index in [2.05, 4.69) is 15.5 Å². The van der Waals surface area contributed by atoms with Crippen molar-refractivity contribution in [3.8, 4) is 0 Å². The highest BCUT2D eigenvalue weighted by Gasteiger charge is 2.19. The maximum absolute atomic E-state index is 13.1. The second-order valence-electron chi connectivity index (χ2n) is 5.50. The fourth-order valence-corrected chi connectivity index (χ4v) is 3.07. The molecule has 0 saturated heterocycles. The third-order valence-electron chi connectivity index (χ3n) is 3.48. The first-order valence-corrected chi connectivity index (χ1v) is 9.06. The maximum Gasteiger partial charge on any atom is 0.277 e. The zero-order valence-corrected chi connectivity index (χ0v) is 15.4. The highest BCUT2D eigenvalue weighted by Crippen LogP contribution is 2.26. The number of thioether (sulfide) groups is 1. The van der Waals surface area contributed by atoms with Crippen molar-refractivity contribution in [2.75, 3.05) is 5.32 Å². The Bertz CT molecular complexity index is 904. The smallest absolute Gasteiger partial charge is 0.277 e. The average molecular weight is 392 g/mol. The van der Waals surface area contributed by atoms with Gasteiger partial charge in [0.15, 0.2) is 0 Å². The van der Waals surface area contributed by atoms with Crippen molar-refractivity contribution >= 4 is 35.0 Å². The Morgan fingerprint density at radius 1 is 1.27 bits per heavy atom. The molecule has 0 saturated carbocycles. The Morgan fingerprint density at radius 2 is 2.04 bits per heavy atom. The fraction of sp³-hybridized carbons (Fsp3) is 0.167. The van der Waals surface area contributed by atoms with Gasteiger partial charge in [0.25, 0.3) is 5.22 Å². The molecule has 3 rings (SSSR count). The molecule has 1 aromatic heterocycles. The first-order chi connectivity index (χ1) is 12.5. The van der Waals surface area contributed by atoms with Gasteiger partial charge in [0.05, 0.1) is 22.4 Å². The number of anilines is 1. The molecule has 0 aliphatic rings. The molecular weight excluding hydrogens is 377 g/mol. The van der Waals surface area contributed by atoms with Crippen molar-refractivity contribution in [2.24, 2.45) is 0 Å². The van der Waals surface area contributed by atoms with E-state index in [4.69, 9.17) is 16.0 Å². The van der Waals surface area contributed by atoms with Crippen molar-refractivity contribution in [1.82, 2.24) is 10.2 Å². The van der Waals surface area contributed by atoms with Crippen LogP contribution in [0.3, 0.4) is 0 Å². The predicted octanol–water partition coefficient (Wildman–Crippen LogP) is 4.57. The molecule has 134 valence electrons. The zero-order chi connectivity index (χ0) is 18.5. The van der Waals surface area contributed by atoms with Crippen LogP contribution in [0.5, 0.6) is 0 Å². The summed E-state index contributed by atoms with van der Waals surface area (Å²) in [7, 11) is 0. The molecule has 1 heterocycles. The molecule has 2 aromatic carbocycles. The van der Waals surface area contributed by atoms with Crippen LogP contribution in [0.15, 0.2) is 58.2 Å². The molecule has 8 heteroatoms. The van der Waals surface area contributed by atoms with E-state index in [1.165, 1.54) is 12.1 Å². The van der Waals surface area contributed by atoms with Gasteiger partial charge in [0.1, 0.15) is 5.82 Å². The Morgan fingerprint density at radius 3 is 2.77 bits per heavy atom. The first kappa shape index (κ1) is 18.4. The molecule has 3 aromatic rings. The van der Waals surface area contributed by atoms with Gasteiger partial charge in [-0.25, -0.2) is 4.39 Å². The summed E-state index contributed by atoms with van der Waals surface area (Å²) in [6, 6.07) is 13.5. The van der Waals surface area contributed by atoms with Crippen LogP contribution in [0.1, 0.15) is 18.4 Å². The Labute approximate surface area is 159 Å². The lowest BCUT2D eigenvalue weighted by Crippen LogP contribution is -2.22. The molecule has 5 nitrogen and oxygen atoms in total. The minimum atomic E-state index is -0.499. The molecule has 0 aliphatic heterocycles. The monoisotopic (exact) mass is 391 g/mol. The van der Waals surface area contributed by atoms with Crippen molar-refractivity contribution in [2.45, 2.75) is 23.8 Å². The molecule has 0 aliphatic carbocycles. The van der Waals surface area contributed by atoms with E-state index in [1.807, 2.05) is 30.3 Å². The predicted molar refractivity (Wildman–Crippen MR) is 98.9 cm³/mol. The lowest BCUT2D eigenvalue weighted by Gasteiger charge is -2.11. The number of carbonyl (C=O) groups is 1. The summed E-state index contributed by atoms with van der Waals surface area (Å²) >= 11 is 7.06. The van der Waals surface area contributed by atoms with Gasteiger partial charge >= 0.3 is 0 Å². The number of hydrogen-bond donors (Lipinski definition) is 1. The van der Waals surface area contributed by atoms with Gasteiger partial charge < -0.3 is 9.73 Å². The highest BCUT2D eigenvalue weighted by molar-refractivity contribution is 8.00. The summed E-state index contributed by atoms with van der Waals surface area (Å²) in [5, 5.41) is 10.6. The molecule has 1 amide bonds. The van der Waals surface area contributed by atoms with Gasteiger partial charge in [0.2, 0.25) is 11.8 Å². The van der Waals surface area contributed by atoms with Gasteiger partial charge in [-0.2, -0.15) is 0 Å². The minimum absolute atomic E-state index is 0.137. The van der Waals surface area contributed by atoms with Crippen molar-refractivity contribution in [3.63, 3.8) is 0 Å². The van der Waals surface area contributed by atoms with Crippen molar-refractivity contribution < 1.29 is 13.6 Å². The molecule has 26 heavy (non-hydrogen) atoms. The number of aromatic nitrogens is 2. The summed E-state index contributed by atoms with van der Waals surface area (Å²) in [5.74, 6) is -0.286. The summed E-state index contributed by atoms with van der Waals surface area (Å²) in [4.78, 5) is 12.3. The highest BCUT2D eigenvalue weighted by atomic mass is 35.5. The second-order valence-corrected chi connectivity index (χ2v) is 7.20. The lowest BCUT2D eigenvalue weighted by molar-refractivity contribution is -0.115. The van der Waals surface area contributed by atoms with E-state index in [1.54, 1.807) is 6.92 Å². The normalized spacial score (nSPS) is 12.0. The van der Waals surface area contributed by atoms with Gasteiger partial charge in [-0.3, -0.25) is 4.79 Å². The summed E-state index contributed by atoms with van der Waals surface area (Å²) in [6.07, 6.45) is 0.528. The number of halogens is 2. The van der Waals surface area contributed by atoms with E-state index < -0.39 is 11.1 Å². The molecule has 1 N–H and O–H groups in total.